The molecule has 0 aromatic heterocycles. The topological polar surface area (TPSA) is 55.6 Å². The summed E-state index contributed by atoms with van der Waals surface area (Å²) in [6.07, 6.45) is 3.04. The normalized spacial score (nSPS) is 22.8. The highest BCUT2D eigenvalue weighted by Crippen LogP contribution is 2.28. The molecule has 1 atom stereocenters. The second kappa shape index (κ2) is 4.04. The minimum absolute atomic E-state index is 0.171. The minimum Gasteiger partial charge on any atom is -0.443 e. The number of fused-ring (bicyclic) bond motifs is 1. The fourth-order valence-electron chi connectivity index (χ4n) is 2.58. The van der Waals surface area contributed by atoms with E-state index in [1.165, 1.54) is 17.5 Å². The summed E-state index contributed by atoms with van der Waals surface area (Å²) in [4.78, 5) is 13.4. The van der Waals surface area contributed by atoms with E-state index in [4.69, 9.17) is 10.5 Å². The lowest BCUT2D eigenvalue weighted by Crippen LogP contribution is -2.27. The van der Waals surface area contributed by atoms with Crippen LogP contribution in [0.15, 0.2) is 18.2 Å². The standard InChI is InChI=1S/C13H16N2O2/c14-7-12-8-15(13(16)17-12)11-5-4-9-2-1-3-10(9)6-11/h4-6,12H,1-3,7-8,14H2/t12-/m0/s1. The molecule has 1 aromatic rings. The molecule has 17 heavy (non-hydrogen) atoms. The number of hydrogen-bond donors (Lipinski definition) is 1. The molecule has 0 spiro atoms. The van der Waals surface area contributed by atoms with Crippen molar-refractivity contribution in [3.63, 3.8) is 0 Å². The Morgan fingerprint density at radius 3 is 2.94 bits per heavy atom. The van der Waals surface area contributed by atoms with Crippen molar-refractivity contribution in [2.45, 2.75) is 25.4 Å². The lowest BCUT2D eigenvalue weighted by molar-refractivity contribution is 0.145. The van der Waals surface area contributed by atoms with Crippen LogP contribution >= 0.6 is 0 Å². The van der Waals surface area contributed by atoms with Crippen molar-refractivity contribution in [2.24, 2.45) is 5.73 Å². The van der Waals surface area contributed by atoms with Crippen LogP contribution in [0.4, 0.5) is 10.5 Å². The monoisotopic (exact) mass is 232 g/mol. The molecule has 1 amide bonds. The predicted octanol–water partition coefficient (Wildman–Crippen LogP) is 1.46. The average molecular weight is 232 g/mol. The number of hydrogen-bond acceptors (Lipinski definition) is 3. The zero-order valence-electron chi connectivity index (χ0n) is 9.69. The van der Waals surface area contributed by atoms with Gasteiger partial charge in [0.1, 0.15) is 6.10 Å². The van der Waals surface area contributed by atoms with Crippen LogP contribution in [0.3, 0.4) is 0 Å². The quantitative estimate of drug-likeness (QED) is 0.839. The number of amides is 1. The maximum absolute atomic E-state index is 11.7. The molecule has 0 radical (unpaired) electrons. The van der Waals surface area contributed by atoms with Crippen molar-refractivity contribution >= 4 is 11.8 Å². The number of benzene rings is 1. The third-order valence-corrected chi connectivity index (χ3v) is 3.53. The average Bonchev–Trinajstić information content (AvgIpc) is 2.93. The summed E-state index contributed by atoms with van der Waals surface area (Å²) < 4.78 is 5.16. The summed E-state index contributed by atoms with van der Waals surface area (Å²) in [6.45, 7) is 0.946. The predicted molar refractivity (Wildman–Crippen MR) is 65.1 cm³/mol. The lowest BCUT2D eigenvalue weighted by atomic mass is 10.1. The van der Waals surface area contributed by atoms with Gasteiger partial charge < -0.3 is 10.5 Å². The van der Waals surface area contributed by atoms with Crippen LogP contribution < -0.4 is 10.6 Å². The first kappa shape index (κ1) is 10.6. The fraction of sp³-hybridized carbons (Fsp3) is 0.462. The van der Waals surface area contributed by atoms with E-state index in [1.54, 1.807) is 4.90 Å². The van der Waals surface area contributed by atoms with Gasteiger partial charge in [-0.1, -0.05) is 6.07 Å². The first-order valence-corrected chi connectivity index (χ1v) is 6.08. The summed E-state index contributed by atoms with van der Waals surface area (Å²) in [5.74, 6) is 0. The Morgan fingerprint density at radius 2 is 2.18 bits per heavy atom. The Labute approximate surface area is 100 Å². The second-order valence-corrected chi connectivity index (χ2v) is 4.66. The molecule has 2 N–H and O–H groups in total. The van der Waals surface area contributed by atoms with Gasteiger partial charge in [-0.05, 0) is 42.5 Å². The molecule has 1 saturated heterocycles. The number of aryl methyl sites for hydroxylation is 2. The number of ether oxygens (including phenoxy) is 1. The van der Waals surface area contributed by atoms with Crippen LogP contribution in [0.1, 0.15) is 17.5 Å². The number of rotatable bonds is 2. The molecule has 1 aliphatic heterocycles. The van der Waals surface area contributed by atoms with Gasteiger partial charge in [0.05, 0.1) is 6.54 Å². The Morgan fingerprint density at radius 1 is 1.35 bits per heavy atom. The van der Waals surface area contributed by atoms with Gasteiger partial charge in [0.15, 0.2) is 0 Å². The Balaban J connectivity index is 1.87. The van der Waals surface area contributed by atoms with Crippen molar-refractivity contribution in [1.29, 1.82) is 0 Å². The maximum Gasteiger partial charge on any atom is 0.414 e. The van der Waals surface area contributed by atoms with Crippen LogP contribution in [0, 0.1) is 0 Å². The molecule has 1 aromatic carbocycles. The van der Waals surface area contributed by atoms with E-state index in [2.05, 4.69) is 12.1 Å². The molecule has 1 aliphatic carbocycles. The van der Waals surface area contributed by atoms with Gasteiger partial charge in [-0.25, -0.2) is 4.79 Å². The molecular weight excluding hydrogens is 216 g/mol. The number of nitrogens with two attached hydrogens (primary N) is 1. The smallest absolute Gasteiger partial charge is 0.414 e. The first-order valence-electron chi connectivity index (χ1n) is 6.08. The van der Waals surface area contributed by atoms with Crippen LogP contribution in [0.2, 0.25) is 0 Å². The zero-order chi connectivity index (χ0) is 11.8. The van der Waals surface area contributed by atoms with Gasteiger partial charge >= 0.3 is 6.09 Å². The Hall–Kier alpha value is -1.55. The van der Waals surface area contributed by atoms with E-state index in [-0.39, 0.29) is 12.2 Å². The van der Waals surface area contributed by atoms with Gasteiger partial charge in [0, 0.05) is 12.2 Å². The van der Waals surface area contributed by atoms with Crippen molar-refractivity contribution in [3.05, 3.63) is 29.3 Å². The number of carbonyl (C=O) groups excluding carboxylic acids is 1. The molecule has 3 rings (SSSR count). The molecule has 0 bridgehead atoms. The van der Waals surface area contributed by atoms with Crippen LogP contribution in [-0.2, 0) is 17.6 Å². The van der Waals surface area contributed by atoms with Gasteiger partial charge in [-0.3, -0.25) is 4.90 Å². The van der Waals surface area contributed by atoms with Crippen molar-refractivity contribution in [2.75, 3.05) is 18.0 Å². The molecule has 4 nitrogen and oxygen atoms in total. The van der Waals surface area contributed by atoms with E-state index in [0.717, 1.165) is 18.5 Å². The molecule has 4 heteroatoms. The van der Waals surface area contributed by atoms with E-state index in [9.17, 15) is 4.79 Å². The highest BCUT2D eigenvalue weighted by molar-refractivity contribution is 5.90. The number of anilines is 1. The Bertz CT molecular complexity index is 459. The lowest BCUT2D eigenvalue weighted by Gasteiger charge is -2.14. The third kappa shape index (κ3) is 1.78. The zero-order valence-corrected chi connectivity index (χ0v) is 9.69. The van der Waals surface area contributed by atoms with Gasteiger partial charge in [-0.2, -0.15) is 0 Å². The largest absolute Gasteiger partial charge is 0.443 e. The van der Waals surface area contributed by atoms with Crippen LogP contribution in [0.5, 0.6) is 0 Å². The molecular formula is C13H16N2O2. The number of nitrogens with zero attached hydrogens (tertiary/aromatic N) is 1. The number of cyclic esters (lactones) is 1. The third-order valence-electron chi connectivity index (χ3n) is 3.53. The van der Waals surface area contributed by atoms with Crippen molar-refractivity contribution in [1.82, 2.24) is 0 Å². The van der Waals surface area contributed by atoms with Gasteiger partial charge in [0.2, 0.25) is 0 Å². The highest BCUT2D eigenvalue weighted by atomic mass is 16.6. The first-order chi connectivity index (χ1) is 8.28. The summed E-state index contributed by atoms with van der Waals surface area (Å²) >= 11 is 0. The fourth-order valence-corrected chi connectivity index (χ4v) is 2.58. The molecule has 1 heterocycles. The SMILES string of the molecule is NC[C@H]1CN(c2ccc3c(c2)CCC3)C(=O)O1. The molecule has 0 saturated carbocycles. The Kier molecular flexibility index (Phi) is 2.52. The molecule has 2 aliphatic rings. The summed E-state index contributed by atoms with van der Waals surface area (Å²) in [6, 6.07) is 6.24. The van der Waals surface area contributed by atoms with Crippen LogP contribution in [0.25, 0.3) is 0 Å². The van der Waals surface area contributed by atoms with E-state index >= 15 is 0 Å². The minimum atomic E-state index is -0.279. The number of carbonyl (C=O) groups is 1. The van der Waals surface area contributed by atoms with Gasteiger partial charge in [0.25, 0.3) is 0 Å². The van der Waals surface area contributed by atoms with Crippen molar-refractivity contribution < 1.29 is 9.53 Å². The summed E-state index contributed by atoms with van der Waals surface area (Å²) in [5.41, 5.74) is 9.24. The molecule has 90 valence electrons. The second-order valence-electron chi connectivity index (χ2n) is 4.66. The van der Waals surface area contributed by atoms with Gasteiger partial charge in [-0.15, -0.1) is 0 Å². The summed E-state index contributed by atoms with van der Waals surface area (Å²) in [7, 11) is 0. The van der Waals surface area contributed by atoms with E-state index in [0.29, 0.717) is 13.1 Å². The molecule has 1 fully saturated rings. The van der Waals surface area contributed by atoms with Crippen molar-refractivity contribution in [3.8, 4) is 0 Å². The maximum atomic E-state index is 11.7. The highest BCUT2D eigenvalue weighted by Gasteiger charge is 2.31. The molecule has 0 unspecified atom stereocenters. The van der Waals surface area contributed by atoms with E-state index < -0.39 is 0 Å². The van der Waals surface area contributed by atoms with E-state index in [1.807, 2.05) is 6.07 Å². The van der Waals surface area contributed by atoms with Crippen LogP contribution in [-0.4, -0.2) is 25.3 Å². The summed E-state index contributed by atoms with van der Waals surface area (Å²) in [5, 5.41) is 0.